The molecule has 0 amide bonds. The smallest absolute Gasteiger partial charge is 0.338 e. The number of benzene rings is 3. The second-order valence-corrected chi connectivity index (χ2v) is 8.58. The maximum Gasteiger partial charge on any atom is 0.338 e. The highest BCUT2D eigenvalue weighted by Crippen LogP contribution is 2.29. The van der Waals surface area contributed by atoms with Crippen LogP contribution in [0.4, 0.5) is 11.4 Å². The van der Waals surface area contributed by atoms with Crippen LogP contribution in [0.1, 0.15) is 48.5 Å². The molecule has 6 heteroatoms. The number of nitrogens with zero attached hydrogens (tertiary/aromatic N) is 1. The van der Waals surface area contributed by atoms with Crippen LogP contribution in [0.25, 0.3) is 0 Å². The Hall–Kier alpha value is -3.64. The van der Waals surface area contributed by atoms with E-state index in [4.69, 9.17) is 9.47 Å². The minimum Gasteiger partial charge on any atom is -0.457 e. The number of cyclic esters (lactones) is 2. The predicted molar refractivity (Wildman–Crippen MR) is 119 cm³/mol. The second-order valence-electron chi connectivity index (χ2n) is 8.58. The fourth-order valence-corrected chi connectivity index (χ4v) is 4.75. The Morgan fingerprint density at radius 2 is 1.41 bits per heavy atom. The molecule has 3 aliphatic rings. The van der Waals surface area contributed by atoms with Gasteiger partial charge in [-0.3, -0.25) is 4.90 Å². The van der Waals surface area contributed by atoms with Crippen molar-refractivity contribution in [3.63, 3.8) is 0 Å². The van der Waals surface area contributed by atoms with Crippen molar-refractivity contribution < 1.29 is 19.1 Å². The highest BCUT2D eigenvalue weighted by Gasteiger charge is 2.23. The maximum atomic E-state index is 11.7. The van der Waals surface area contributed by atoms with E-state index in [2.05, 4.69) is 34.5 Å². The normalized spacial score (nSPS) is 16.8. The van der Waals surface area contributed by atoms with E-state index in [1.54, 1.807) is 0 Å². The third kappa shape index (κ3) is 3.42. The number of hydrogen-bond acceptors (Lipinski definition) is 6. The van der Waals surface area contributed by atoms with Gasteiger partial charge in [-0.15, -0.1) is 0 Å². The molecule has 32 heavy (non-hydrogen) atoms. The van der Waals surface area contributed by atoms with Crippen molar-refractivity contribution in [1.29, 1.82) is 0 Å². The first kappa shape index (κ1) is 19.1. The molecule has 0 spiro atoms. The molecule has 0 unspecified atom stereocenters. The van der Waals surface area contributed by atoms with Crippen LogP contribution in [0.3, 0.4) is 0 Å². The lowest BCUT2D eigenvalue weighted by Gasteiger charge is -2.29. The van der Waals surface area contributed by atoms with E-state index in [1.165, 1.54) is 16.7 Å². The van der Waals surface area contributed by atoms with Gasteiger partial charge >= 0.3 is 11.9 Å². The fourth-order valence-electron chi connectivity index (χ4n) is 4.75. The first-order valence-electron chi connectivity index (χ1n) is 10.8. The van der Waals surface area contributed by atoms with Gasteiger partial charge in [0.15, 0.2) is 0 Å². The molecule has 3 aliphatic heterocycles. The fraction of sp³-hybridized carbons (Fsp3) is 0.231. The molecule has 0 aliphatic carbocycles. The monoisotopic (exact) mass is 426 g/mol. The molecule has 6 nitrogen and oxygen atoms in total. The summed E-state index contributed by atoms with van der Waals surface area (Å²) < 4.78 is 10.2. The van der Waals surface area contributed by atoms with Gasteiger partial charge in [0.05, 0.1) is 11.1 Å². The number of nitrogens with one attached hydrogen (secondary N) is 1. The van der Waals surface area contributed by atoms with Gasteiger partial charge in [0.25, 0.3) is 0 Å². The number of esters is 2. The largest absolute Gasteiger partial charge is 0.457 e. The van der Waals surface area contributed by atoms with Gasteiger partial charge in [-0.1, -0.05) is 18.2 Å². The van der Waals surface area contributed by atoms with Crippen molar-refractivity contribution in [1.82, 2.24) is 4.90 Å². The Labute approximate surface area is 185 Å². The first-order valence-corrected chi connectivity index (χ1v) is 10.8. The van der Waals surface area contributed by atoms with E-state index < -0.39 is 0 Å². The highest BCUT2D eigenvalue weighted by atomic mass is 16.5. The van der Waals surface area contributed by atoms with Gasteiger partial charge in [-0.2, -0.15) is 0 Å². The summed E-state index contributed by atoms with van der Waals surface area (Å²) in [5, 5.41) is 3.46. The predicted octanol–water partition coefficient (Wildman–Crippen LogP) is 4.33. The molecule has 160 valence electrons. The average Bonchev–Trinajstić information content (AvgIpc) is 3.36. The van der Waals surface area contributed by atoms with E-state index in [0.29, 0.717) is 24.3 Å². The number of fused-ring (bicyclic) bond motifs is 3. The van der Waals surface area contributed by atoms with E-state index in [1.807, 2.05) is 30.3 Å². The molecule has 3 aromatic carbocycles. The van der Waals surface area contributed by atoms with Crippen molar-refractivity contribution in [2.24, 2.45) is 0 Å². The molecule has 0 radical (unpaired) electrons. The van der Waals surface area contributed by atoms with Crippen molar-refractivity contribution in [3.05, 3.63) is 93.5 Å². The lowest BCUT2D eigenvalue weighted by molar-refractivity contribution is 0.0526. The molecule has 3 heterocycles. The minimum absolute atomic E-state index is 0.218. The Bertz CT molecular complexity index is 1270. The summed E-state index contributed by atoms with van der Waals surface area (Å²) >= 11 is 0. The Morgan fingerprint density at radius 1 is 0.750 bits per heavy atom. The third-order valence-corrected chi connectivity index (χ3v) is 6.42. The number of hydrogen-bond donors (Lipinski definition) is 1. The number of carbonyl (C=O) groups is 2. The minimum atomic E-state index is -0.244. The maximum absolute atomic E-state index is 11.7. The molecular weight excluding hydrogens is 404 g/mol. The standard InChI is InChI=1S/C26H22N2O4/c29-25-23-5-1-16(9-19(23)14-31-25)12-28-8-7-17-10-21(3-2-18(17)13-28)27-22-4-6-24-20(11-22)15-32-26(24)30/h1-6,9-11,27H,7-8,12-15H2. The molecule has 1 N–H and O–H groups in total. The van der Waals surface area contributed by atoms with Crippen LogP contribution in [0.2, 0.25) is 0 Å². The van der Waals surface area contributed by atoms with Gasteiger partial charge in [-0.25, -0.2) is 9.59 Å². The van der Waals surface area contributed by atoms with E-state index >= 15 is 0 Å². The third-order valence-electron chi connectivity index (χ3n) is 6.42. The van der Waals surface area contributed by atoms with Crippen molar-refractivity contribution in [2.75, 3.05) is 11.9 Å². The topological polar surface area (TPSA) is 67.9 Å². The molecule has 0 bridgehead atoms. The summed E-state index contributed by atoms with van der Waals surface area (Å²) in [6, 6.07) is 18.3. The summed E-state index contributed by atoms with van der Waals surface area (Å²) in [5.74, 6) is -0.462. The Morgan fingerprint density at radius 3 is 2.19 bits per heavy atom. The lowest BCUT2D eigenvalue weighted by Crippen LogP contribution is -2.30. The van der Waals surface area contributed by atoms with Crippen LogP contribution in [-0.4, -0.2) is 23.4 Å². The lowest BCUT2D eigenvalue weighted by atomic mass is 9.98. The Balaban J connectivity index is 1.14. The molecule has 0 atom stereocenters. The van der Waals surface area contributed by atoms with E-state index in [0.717, 1.165) is 48.6 Å². The van der Waals surface area contributed by atoms with Crippen LogP contribution in [0.5, 0.6) is 0 Å². The highest BCUT2D eigenvalue weighted by molar-refractivity contribution is 5.94. The molecular formula is C26H22N2O4. The SMILES string of the molecule is O=C1OCc2cc(CN3CCc4cc(Nc5ccc6c(c5)COC6=O)ccc4C3)ccc21. The van der Waals surface area contributed by atoms with Crippen LogP contribution in [0, 0.1) is 0 Å². The zero-order valence-electron chi connectivity index (χ0n) is 17.5. The summed E-state index contributed by atoms with van der Waals surface area (Å²) in [4.78, 5) is 25.7. The average molecular weight is 426 g/mol. The Kier molecular flexibility index (Phi) is 4.47. The molecule has 0 aromatic heterocycles. The van der Waals surface area contributed by atoms with E-state index in [9.17, 15) is 9.59 Å². The van der Waals surface area contributed by atoms with Crippen molar-refractivity contribution >= 4 is 23.3 Å². The van der Waals surface area contributed by atoms with Crippen molar-refractivity contribution in [3.8, 4) is 0 Å². The second kappa shape index (κ2) is 7.50. The number of carbonyl (C=O) groups excluding carboxylic acids is 2. The first-order chi connectivity index (χ1) is 15.6. The van der Waals surface area contributed by atoms with Crippen molar-refractivity contribution in [2.45, 2.75) is 32.7 Å². The van der Waals surface area contributed by atoms with Gasteiger partial charge in [0.1, 0.15) is 13.2 Å². The van der Waals surface area contributed by atoms with Crippen LogP contribution < -0.4 is 5.32 Å². The summed E-state index contributed by atoms with van der Waals surface area (Å²) in [5.41, 5.74) is 9.18. The molecule has 0 fully saturated rings. The number of rotatable bonds is 4. The van der Waals surface area contributed by atoms with Gasteiger partial charge in [0, 0.05) is 42.1 Å². The quantitative estimate of drug-likeness (QED) is 0.627. The van der Waals surface area contributed by atoms with Crippen LogP contribution in [-0.2, 0) is 42.2 Å². The molecule has 0 saturated carbocycles. The molecule has 3 aromatic rings. The molecule has 0 saturated heterocycles. The zero-order valence-corrected chi connectivity index (χ0v) is 17.5. The van der Waals surface area contributed by atoms with Crippen LogP contribution in [0.15, 0.2) is 54.6 Å². The summed E-state index contributed by atoms with van der Waals surface area (Å²) in [6.07, 6.45) is 0.990. The number of anilines is 2. The van der Waals surface area contributed by atoms with Gasteiger partial charge in [0.2, 0.25) is 0 Å². The molecule has 6 rings (SSSR count). The van der Waals surface area contributed by atoms with Crippen LogP contribution >= 0.6 is 0 Å². The number of ether oxygens (including phenoxy) is 2. The van der Waals surface area contributed by atoms with Gasteiger partial charge in [-0.05, 0) is 59.5 Å². The summed E-state index contributed by atoms with van der Waals surface area (Å²) in [7, 11) is 0. The van der Waals surface area contributed by atoms with Gasteiger partial charge < -0.3 is 14.8 Å². The zero-order chi connectivity index (χ0) is 21.7. The van der Waals surface area contributed by atoms with E-state index in [-0.39, 0.29) is 11.9 Å². The summed E-state index contributed by atoms with van der Waals surface area (Å²) in [6.45, 7) is 3.48.